The molecule has 0 aliphatic rings. The standard InChI is InChI=1S/C19H14F4N4/c20-18-13(4-2-6-25-18)10-26-16-8-14(11-27-17(16)9-24)12-3-1-5-15(7-12)19(21,22)23/h1-9,11,24,26H,10H2. The Kier molecular flexibility index (Phi) is 5.16. The van der Waals surface area contributed by atoms with Crippen molar-refractivity contribution >= 4 is 11.9 Å². The number of hydrogen-bond donors (Lipinski definition) is 2. The second-order valence-corrected chi connectivity index (χ2v) is 5.69. The van der Waals surface area contributed by atoms with Crippen LogP contribution in [0, 0.1) is 11.4 Å². The van der Waals surface area contributed by atoms with Crippen LogP contribution in [0.1, 0.15) is 16.8 Å². The molecule has 0 atom stereocenters. The summed E-state index contributed by atoms with van der Waals surface area (Å²) in [5.41, 5.74) is 1.03. The minimum absolute atomic E-state index is 0.0915. The number of aromatic nitrogens is 2. The van der Waals surface area contributed by atoms with Gasteiger partial charge in [-0.25, -0.2) is 4.98 Å². The van der Waals surface area contributed by atoms with E-state index in [0.717, 1.165) is 18.3 Å². The van der Waals surface area contributed by atoms with Crippen LogP contribution in [-0.2, 0) is 12.7 Å². The summed E-state index contributed by atoms with van der Waals surface area (Å²) in [6.07, 6.45) is -0.710. The third-order valence-electron chi connectivity index (χ3n) is 3.88. The fourth-order valence-electron chi connectivity index (χ4n) is 2.51. The molecule has 3 rings (SSSR count). The molecule has 0 saturated heterocycles. The monoisotopic (exact) mass is 374 g/mol. The molecule has 138 valence electrons. The molecule has 0 unspecified atom stereocenters. The van der Waals surface area contributed by atoms with Gasteiger partial charge < -0.3 is 10.7 Å². The van der Waals surface area contributed by atoms with Crippen LogP contribution >= 0.6 is 0 Å². The lowest BCUT2D eigenvalue weighted by Crippen LogP contribution is -2.07. The van der Waals surface area contributed by atoms with Gasteiger partial charge in [0.05, 0.1) is 11.3 Å². The molecule has 3 aromatic rings. The number of alkyl halides is 3. The molecule has 0 saturated carbocycles. The number of pyridine rings is 2. The molecule has 27 heavy (non-hydrogen) atoms. The van der Waals surface area contributed by atoms with Crippen molar-refractivity contribution in [3.63, 3.8) is 0 Å². The van der Waals surface area contributed by atoms with E-state index in [1.807, 2.05) is 0 Å². The molecule has 2 heterocycles. The van der Waals surface area contributed by atoms with Crippen LogP contribution in [0.25, 0.3) is 11.1 Å². The number of anilines is 1. The maximum Gasteiger partial charge on any atom is 0.416 e. The summed E-state index contributed by atoms with van der Waals surface area (Å²) >= 11 is 0. The zero-order chi connectivity index (χ0) is 19.4. The molecule has 0 aliphatic heterocycles. The van der Waals surface area contributed by atoms with Gasteiger partial charge in [-0.1, -0.05) is 18.2 Å². The van der Waals surface area contributed by atoms with Gasteiger partial charge in [-0.2, -0.15) is 17.6 Å². The fraction of sp³-hybridized carbons (Fsp3) is 0.105. The Morgan fingerprint density at radius 2 is 1.85 bits per heavy atom. The van der Waals surface area contributed by atoms with Gasteiger partial charge in [0.15, 0.2) is 0 Å². The van der Waals surface area contributed by atoms with Crippen LogP contribution in [0.2, 0.25) is 0 Å². The van der Waals surface area contributed by atoms with Crippen LogP contribution < -0.4 is 5.32 Å². The highest BCUT2D eigenvalue weighted by Gasteiger charge is 2.30. The number of halogens is 4. The second kappa shape index (κ2) is 7.53. The van der Waals surface area contributed by atoms with Crippen molar-refractivity contribution in [1.29, 1.82) is 5.41 Å². The molecule has 1 aromatic carbocycles. The maximum absolute atomic E-state index is 13.7. The van der Waals surface area contributed by atoms with E-state index in [9.17, 15) is 17.6 Å². The Balaban J connectivity index is 1.92. The van der Waals surface area contributed by atoms with Crippen LogP contribution in [0.15, 0.2) is 54.9 Å². The van der Waals surface area contributed by atoms with Gasteiger partial charge in [-0.3, -0.25) is 4.98 Å². The van der Waals surface area contributed by atoms with Crippen molar-refractivity contribution < 1.29 is 17.6 Å². The number of rotatable bonds is 5. The molecule has 0 bridgehead atoms. The van der Waals surface area contributed by atoms with Crippen LogP contribution in [0.4, 0.5) is 23.2 Å². The summed E-state index contributed by atoms with van der Waals surface area (Å²) in [6, 6.07) is 9.62. The third kappa shape index (κ3) is 4.28. The first kappa shape index (κ1) is 18.5. The molecule has 0 aliphatic carbocycles. The molecule has 0 amide bonds. The average Bonchev–Trinajstić information content (AvgIpc) is 2.66. The Hall–Kier alpha value is -3.29. The van der Waals surface area contributed by atoms with E-state index < -0.39 is 17.7 Å². The number of nitrogens with zero attached hydrogens (tertiary/aromatic N) is 2. The van der Waals surface area contributed by atoms with Crippen molar-refractivity contribution in [3.05, 3.63) is 77.6 Å². The average molecular weight is 374 g/mol. The molecule has 8 heteroatoms. The van der Waals surface area contributed by atoms with Crippen LogP contribution in [0.5, 0.6) is 0 Å². The van der Waals surface area contributed by atoms with E-state index in [-0.39, 0.29) is 12.2 Å². The van der Waals surface area contributed by atoms with Gasteiger partial charge in [0, 0.05) is 36.3 Å². The zero-order valence-electron chi connectivity index (χ0n) is 13.9. The van der Waals surface area contributed by atoms with Crippen LogP contribution in [0.3, 0.4) is 0 Å². The molecule has 0 fully saturated rings. The lowest BCUT2D eigenvalue weighted by atomic mass is 10.0. The smallest absolute Gasteiger partial charge is 0.379 e. The number of nitrogens with one attached hydrogen (secondary N) is 2. The van der Waals surface area contributed by atoms with Gasteiger partial charge in [-0.15, -0.1) is 0 Å². The zero-order valence-corrected chi connectivity index (χ0v) is 13.9. The van der Waals surface area contributed by atoms with Gasteiger partial charge in [-0.05, 0) is 29.8 Å². The predicted octanol–water partition coefficient (Wildman–Crippen LogP) is 4.91. The number of benzene rings is 1. The molecule has 0 radical (unpaired) electrons. The normalized spacial score (nSPS) is 11.3. The van der Waals surface area contributed by atoms with Gasteiger partial charge in [0.25, 0.3) is 0 Å². The highest BCUT2D eigenvalue weighted by molar-refractivity contribution is 5.85. The van der Waals surface area contributed by atoms with Crippen molar-refractivity contribution in [3.8, 4) is 11.1 Å². The van der Waals surface area contributed by atoms with E-state index >= 15 is 0 Å². The summed E-state index contributed by atoms with van der Waals surface area (Å²) in [5.74, 6) is -0.622. The van der Waals surface area contributed by atoms with E-state index in [1.165, 1.54) is 18.5 Å². The van der Waals surface area contributed by atoms with E-state index in [1.54, 1.807) is 24.3 Å². The Morgan fingerprint density at radius 3 is 2.56 bits per heavy atom. The Labute approximate surface area is 152 Å². The number of hydrogen-bond acceptors (Lipinski definition) is 4. The molecular weight excluding hydrogens is 360 g/mol. The van der Waals surface area contributed by atoms with Crippen molar-refractivity contribution in [2.24, 2.45) is 0 Å². The molecule has 4 nitrogen and oxygen atoms in total. The van der Waals surface area contributed by atoms with Crippen molar-refractivity contribution in [2.45, 2.75) is 12.7 Å². The largest absolute Gasteiger partial charge is 0.416 e. The molecular formula is C19H14F4N4. The minimum atomic E-state index is -4.45. The minimum Gasteiger partial charge on any atom is -0.379 e. The lowest BCUT2D eigenvalue weighted by molar-refractivity contribution is -0.137. The maximum atomic E-state index is 13.7. The first-order chi connectivity index (χ1) is 12.9. The summed E-state index contributed by atoms with van der Waals surface area (Å²) in [6.45, 7) is 0.0915. The highest BCUT2D eigenvalue weighted by atomic mass is 19.4. The fourth-order valence-corrected chi connectivity index (χ4v) is 2.51. The first-order valence-corrected chi connectivity index (χ1v) is 7.90. The SMILES string of the molecule is N=Cc1ncc(-c2cccc(C(F)(F)F)c2)cc1NCc1cccnc1F. The Bertz CT molecular complexity index is 970. The molecule has 0 spiro atoms. The van der Waals surface area contributed by atoms with E-state index in [2.05, 4.69) is 15.3 Å². The van der Waals surface area contributed by atoms with E-state index in [4.69, 9.17) is 5.41 Å². The van der Waals surface area contributed by atoms with Crippen LogP contribution in [-0.4, -0.2) is 16.2 Å². The van der Waals surface area contributed by atoms with Crippen molar-refractivity contribution in [2.75, 3.05) is 5.32 Å². The summed E-state index contributed by atoms with van der Waals surface area (Å²) in [5, 5.41) is 10.4. The predicted molar refractivity (Wildman–Crippen MR) is 94.1 cm³/mol. The van der Waals surface area contributed by atoms with Crippen molar-refractivity contribution in [1.82, 2.24) is 9.97 Å². The topological polar surface area (TPSA) is 61.7 Å². The second-order valence-electron chi connectivity index (χ2n) is 5.69. The van der Waals surface area contributed by atoms with Gasteiger partial charge in [0.2, 0.25) is 5.95 Å². The highest BCUT2D eigenvalue weighted by Crippen LogP contribution is 2.32. The molecule has 2 aromatic heterocycles. The quantitative estimate of drug-likeness (QED) is 0.379. The summed E-state index contributed by atoms with van der Waals surface area (Å²) in [7, 11) is 0. The summed E-state index contributed by atoms with van der Waals surface area (Å²) in [4.78, 5) is 7.66. The van der Waals surface area contributed by atoms with Gasteiger partial charge >= 0.3 is 6.18 Å². The first-order valence-electron chi connectivity index (χ1n) is 7.90. The lowest BCUT2D eigenvalue weighted by Gasteiger charge is -2.12. The Morgan fingerprint density at radius 1 is 1.04 bits per heavy atom. The molecule has 2 N–H and O–H groups in total. The summed E-state index contributed by atoms with van der Waals surface area (Å²) < 4.78 is 52.4. The third-order valence-corrected chi connectivity index (χ3v) is 3.88. The van der Waals surface area contributed by atoms with Gasteiger partial charge in [0.1, 0.15) is 5.69 Å². The van der Waals surface area contributed by atoms with E-state index in [0.29, 0.717) is 22.4 Å².